The molecule has 0 saturated heterocycles. The van der Waals surface area contributed by atoms with Crippen LogP contribution < -0.4 is 0 Å². The Kier molecular flexibility index (Phi) is 3.41. The molecule has 3 aromatic carbocycles. The monoisotopic (exact) mass is 363 g/mol. The molecule has 0 spiro atoms. The van der Waals surface area contributed by atoms with Crippen LogP contribution in [0.5, 0.6) is 0 Å². The number of rotatable bonds is 2. The third-order valence-corrected chi connectivity index (χ3v) is 6.53. The fourth-order valence-corrected chi connectivity index (χ4v) is 5.25. The van der Waals surface area contributed by atoms with E-state index in [4.69, 9.17) is 0 Å². The van der Waals surface area contributed by atoms with Gasteiger partial charge in [0.05, 0.1) is 12.0 Å². The molecular weight excluding hydrogens is 346 g/mol. The van der Waals surface area contributed by atoms with Gasteiger partial charge in [0.1, 0.15) is 5.41 Å². The zero-order valence-corrected chi connectivity index (χ0v) is 15.1. The highest BCUT2D eigenvalue weighted by molar-refractivity contribution is 6.21. The minimum atomic E-state index is -1.43. The fraction of sp³-hybridized carbons (Fsp3) is 0.160. The van der Waals surface area contributed by atoms with Gasteiger partial charge in [-0.1, -0.05) is 84.9 Å². The highest BCUT2D eigenvalue weighted by Crippen LogP contribution is 2.68. The van der Waals surface area contributed by atoms with Gasteiger partial charge in [0.25, 0.3) is 0 Å². The molecule has 1 fully saturated rings. The first-order valence-electron chi connectivity index (χ1n) is 9.37. The molecule has 28 heavy (non-hydrogen) atoms. The molecule has 1 saturated carbocycles. The summed E-state index contributed by atoms with van der Waals surface area (Å²) >= 11 is 0. The predicted octanol–water partition coefficient (Wildman–Crippen LogP) is 4.58. The van der Waals surface area contributed by atoms with Gasteiger partial charge in [0.15, 0.2) is 11.6 Å². The molecule has 0 heterocycles. The molecule has 5 rings (SSSR count). The predicted molar refractivity (Wildman–Crippen MR) is 105 cm³/mol. The first kappa shape index (κ1) is 16.6. The molecule has 3 heteroatoms. The second kappa shape index (κ2) is 5.74. The van der Waals surface area contributed by atoms with Gasteiger partial charge in [0.2, 0.25) is 0 Å². The summed E-state index contributed by atoms with van der Waals surface area (Å²) in [5.74, 6) is -0.964. The average Bonchev–Trinajstić information content (AvgIpc) is 2.74. The van der Waals surface area contributed by atoms with Crippen molar-refractivity contribution in [3.63, 3.8) is 0 Å². The lowest BCUT2D eigenvalue weighted by atomic mass is 9.36. The molecule has 0 radical (unpaired) electrons. The number of carbonyl (C=O) groups excluding carboxylic acids is 2. The van der Waals surface area contributed by atoms with Crippen molar-refractivity contribution in [1.29, 1.82) is 5.26 Å². The number of nitriles is 1. The Hall–Kier alpha value is -3.51. The summed E-state index contributed by atoms with van der Waals surface area (Å²) in [6.45, 7) is 0. The number of fused-ring (bicyclic) bond motifs is 2. The van der Waals surface area contributed by atoms with E-state index >= 15 is 0 Å². The molecule has 2 atom stereocenters. The molecule has 0 N–H and O–H groups in total. The minimum Gasteiger partial charge on any atom is -0.294 e. The van der Waals surface area contributed by atoms with Crippen LogP contribution in [0, 0.1) is 22.7 Å². The van der Waals surface area contributed by atoms with E-state index in [0.717, 1.165) is 11.1 Å². The Morgan fingerprint density at radius 1 is 0.750 bits per heavy atom. The van der Waals surface area contributed by atoms with Crippen LogP contribution in [0.2, 0.25) is 0 Å². The van der Waals surface area contributed by atoms with Crippen molar-refractivity contribution in [3.8, 4) is 6.07 Å². The smallest absolute Gasteiger partial charge is 0.185 e. The van der Waals surface area contributed by atoms with Gasteiger partial charge in [-0.05, 0) is 17.5 Å². The first-order chi connectivity index (χ1) is 13.7. The highest BCUT2D eigenvalue weighted by atomic mass is 16.1. The van der Waals surface area contributed by atoms with Gasteiger partial charge >= 0.3 is 0 Å². The van der Waals surface area contributed by atoms with E-state index in [0.29, 0.717) is 17.5 Å². The lowest BCUT2D eigenvalue weighted by molar-refractivity contribution is 0.00396. The fourth-order valence-electron chi connectivity index (χ4n) is 5.25. The molecule has 3 aromatic rings. The van der Waals surface area contributed by atoms with Crippen LogP contribution in [-0.2, 0) is 5.41 Å². The molecule has 134 valence electrons. The number of ketones is 2. The summed E-state index contributed by atoms with van der Waals surface area (Å²) in [7, 11) is 0. The van der Waals surface area contributed by atoms with Crippen molar-refractivity contribution in [1.82, 2.24) is 0 Å². The van der Waals surface area contributed by atoms with Crippen LogP contribution >= 0.6 is 0 Å². The molecule has 3 nitrogen and oxygen atoms in total. The quantitative estimate of drug-likeness (QED) is 0.669. The van der Waals surface area contributed by atoms with Gasteiger partial charge in [-0.3, -0.25) is 9.59 Å². The van der Waals surface area contributed by atoms with Crippen LogP contribution in [0.1, 0.15) is 38.3 Å². The van der Waals surface area contributed by atoms with E-state index in [-0.39, 0.29) is 11.6 Å². The number of benzene rings is 3. The van der Waals surface area contributed by atoms with E-state index in [1.54, 1.807) is 24.3 Å². The van der Waals surface area contributed by atoms with Crippen LogP contribution in [-0.4, -0.2) is 11.6 Å². The Morgan fingerprint density at radius 2 is 1.25 bits per heavy atom. The summed E-state index contributed by atoms with van der Waals surface area (Å²) in [5, 5.41) is 10.4. The van der Waals surface area contributed by atoms with Crippen LogP contribution in [0.15, 0.2) is 84.9 Å². The maximum atomic E-state index is 13.8. The van der Waals surface area contributed by atoms with Gasteiger partial charge in [0, 0.05) is 16.5 Å². The lowest BCUT2D eigenvalue weighted by Crippen LogP contribution is -2.69. The Labute approximate surface area is 163 Å². The minimum absolute atomic E-state index is 0.0979. The first-order valence-corrected chi connectivity index (χ1v) is 9.37. The van der Waals surface area contributed by atoms with Gasteiger partial charge in [-0.25, -0.2) is 0 Å². The second-order valence-electron chi connectivity index (χ2n) is 7.55. The number of hydrogen-bond acceptors (Lipinski definition) is 3. The Morgan fingerprint density at radius 3 is 1.79 bits per heavy atom. The van der Waals surface area contributed by atoms with Crippen molar-refractivity contribution in [2.45, 2.75) is 11.8 Å². The topological polar surface area (TPSA) is 57.9 Å². The summed E-state index contributed by atoms with van der Waals surface area (Å²) in [4.78, 5) is 27.0. The molecule has 0 bridgehead atoms. The summed E-state index contributed by atoms with van der Waals surface area (Å²) < 4.78 is 0. The van der Waals surface area contributed by atoms with Crippen LogP contribution in [0.3, 0.4) is 0 Å². The highest BCUT2D eigenvalue weighted by Gasteiger charge is 2.75. The van der Waals surface area contributed by atoms with Gasteiger partial charge < -0.3 is 0 Å². The lowest BCUT2D eigenvalue weighted by Gasteiger charge is -2.61. The standard InChI is InChI=1S/C25H17NO2/c26-16-25-21(22(27)19-13-7-8-14-20(19)23(25)28)15-24(25,17-9-3-1-4-10-17)18-11-5-2-6-12-18/h1-14,21H,15H2. The number of hydrogen-bond donors (Lipinski definition) is 0. The van der Waals surface area contributed by atoms with Crippen LogP contribution in [0.4, 0.5) is 0 Å². The summed E-state index contributed by atoms with van der Waals surface area (Å²) in [6.07, 6.45) is 0.452. The second-order valence-corrected chi connectivity index (χ2v) is 7.55. The van der Waals surface area contributed by atoms with E-state index in [9.17, 15) is 14.9 Å². The molecular formula is C25H17NO2. The Balaban J connectivity index is 1.84. The number of nitrogens with zero attached hydrogens (tertiary/aromatic N) is 1. The van der Waals surface area contributed by atoms with Crippen molar-refractivity contribution < 1.29 is 9.59 Å². The largest absolute Gasteiger partial charge is 0.294 e. The maximum absolute atomic E-state index is 13.8. The normalized spacial score (nSPS) is 24.5. The Bertz CT molecular complexity index is 1100. The van der Waals surface area contributed by atoms with Gasteiger partial charge in [-0.15, -0.1) is 0 Å². The van der Waals surface area contributed by atoms with Crippen molar-refractivity contribution >= 4 is 11.6 Å². The molecule has 0 aliphatic heterocycles. The molecule has 0 amide bonds. The molecule has 2 aliphatic carbocycles. The van der Waals surface area contributed by atoms with Crippen molar-refractivity contribution in [2.75, 3.05) is 0 Å². The van der Waals surface area contributed by atoms with E-state index in [2.05, 4.69) is 6.07 Å². The van der Waals surface area contributed by atoms with Crippen molar-refractivity contribution in [2.24, 2.45) is 11.3 Å². The summed E-state index contributed by atoms with van der Waals surface area (Å²) in [6, 6.07) is 28.6. The third kappa shape index (κ3) is 1.78. The average molecular weight is 363 g/mol. The zero-order chi connectivity index (χ0) is 19.4. The van der Waals surface area contributed by atoms with E-state index in [1.165, 1.54) is 0 Å². The SMILES string of the molecule is N#CC12C(=O)c3ccccc3C(=O)C1CC2(c1ccccc1)c1ccccc1. The van der Waals surface area contributed by atoms with Crippen LogP contribution in [0.25, 0.3) is 0 Å². The number of carbonyl (C=O) groups is 2. The third-order valence-electron chi connectivity index (χ3n) is 6.53. The van der Waals surface area contributed by atoms with E-state index in [1.807, 2.05) is 60.7 Å². The van der Waals surface area contributed by atoms with Gasteiger partial charge in [-0.2, -0.15) is 5.26 Å². The van der Waals surface area contributed by atoms with E-state index < -0.39 is 16.7 Å². The number of Topliss-reactive ketones (excluding diaryl/α,β-unsaturated/α-hetero) is 2. The molecule has 2 aliphatic rings. The zero-order valence-electron chi connectivity index (χ0n) is 15.1. The molecule has 2 unspecified atom stereocenters. The van der Waals surface area contributed by atoms with Crippen molar-refractivity contribution in [3.05, 3.63) is 107 Å². The maximum Gasteiger partial charge on any atom is 0.185 e. The summed E-state index contributed by atoms with van der Waals surface area (Å²) in [5.41, 5.74) is 0.342. The molecule has 0 aromatic heterocycles.